The molecule has 0 spiro atoms. The second-order valence-electron chi connectivity index (χ2n) is 8.20. The first-order chi connectivity index (χ1) is 15.6. The Hall–Kier alpha value is -3.64. The number of rotatable bonds is 3. The summed E-state index contributed by atoms with van der Waals surface area (Å²) in [6.07, 6.45) is 2.55. The summed E-state index contributed by atoms with van der Waals surface area (Å²) in [5, 5.41) is 0. The van der Waals surface area contributed by atoms with Gasteiger partial charge in [-0.25, -0.2) is 4.99 Å². The van der Waals surface area contributed by atoms with Crippen molar-refractivity contribution in [1.29, 1.82) is 0 Å². The molecule has 1 aromatic heterocycles. The number of aromatic nitrogens is 1. The average molecular weight is 441 g/mol. The summed E-state index contributed by atoms with van der Waals surface area (Å²) in [7, 11) is 0. The molecule has 2 unspecified atom stereocenters. The molecule has 2 aliphatic rings. The van der Waals surface area contributed by atoms with Crippen LogP contribution in [0.25, 0.3) is 6.08 Å². The van der Waals surface area contributed by atoms with Crippen molar-refractivity contribution in [2.45, 2.75) is 25.1 Å². The van der Waals surface area contributed by atoms with E-state index in [-0.39, 0.29) is 11.6 Å². The molecule has 0 fully saturated rings. The first-order valence-electron chi connectivity index (χ1n) is 10.5. The van der Waals surface area contributed by atoms with E-state index in [1.165, 1.54) is 11.3 Å². The number of hydrogen-bond acceptors (Lipinski definition) is 5. The van der Waals surface area contributed by atoms with Gasteiger partial charge in [0, 0.05) is 12.0 Å². The lowest BCUT2D eigenvalue weighted by atomic mass is 9.93. The predicted octanol–water partition coefficient (Wildman–Crippen LogP) is 4.25. The highest BCUT2D eigenvalue weighted by Crippen LogP contribution is 2.42. The summed E-state index contributed by atoms with van der Waals surface area (Å²) in [5.74, 6) is 2.30. The zero-order valence-corrected chi connectivity index (χ0v) is 18.2. The summed E-state index contributed by atoms with van der Waals surface area (Å²) in [6, 6.07) is 25.2. The van der Waals surface area contributed by atoms with E-state index in [1.807, 2.05) is 96.4 Å². The molecule has 0 N–H and O–H groups in total. The summed E-state index contributed by atoms with van der Waals surface area (Å²) >= 11 is 1.40. The van der Waals surface area contributed by atoms with E-state index in [1.54, 1.807) is 0 Å². The zero-order valence-electron chi connectivity index (χ0n) is 17.4. The van der Waals surface area contributed by atoms with Crippen molar-refractivity contribution in [3.8, 4) is 17.2 Å². The Balaban J connectivity index is 1.44. The number of para-hydroxylation sites is 2. The Bertz CT molecular complexity index is 1510. The number of nitrogens with zero attached hydrogens (tertiary/aromatic N) is 2. The van der Waals surface area contributed by atoms with Gasteiger partial charge in [-0.3, -0.25) is 9.36 Å². The molecule has 158 valence electrons. The van der Waals surface area contributed by atoms with Crippen molar-refractivity contribution in [3.05, 3.63) is 110 Å². The Morgan fingerprint density at radius 3 is 2.72 bits per heavy atom. The van der Waals surface area contributed by atoms with Crippen LogP contribution in [0, 0.1) is 0 Å². The van der Waals surface area contributed by atoms with Gasteiger partial charge in [-0.2, -0.15) is 0 Å². The Labute approximate surface area is 188 Å². The Kier molecular flexibility index (Phi) is 4.30. The summed E-state index contributed by atoms with van der Waals surface area (Å²) in [5.41, 5.74) is 1.26. The van der Waals surface area contributed by atoms with Crippen LogP contribution in [0.5, 0.6) is 17.2 Å². The molecule has 0 saturated heterocycles. The van der Waals surface area contributed by atoms with Crippen LogP contribution in [0.15, 0.2) is 88.6 Å². The van der Waals surface area contributed by atoms with Crippen LogP contribution in [-0.2, 0) is 0 Å². The Morgan fingerprint density at radius 2 is 1.84 bits per heavy atom. The highest BCUT2D eigenvalue weighted by Gasteiger charge is 2.42. The van der Waals surface area contributed by atoms with Crippen LogP contribution in [0.3, 0.4) is 0 Å². The summed E-state index contributed by atoms with van der Waals surface area (Å²) in [4.78, 5) is 18.9. The van der Waals surface area contributed by atoms with Gasteiger partial charge in [0.2, 0.25) is 5.72 Å². The lowest BCUT2D eigenvalue weighted by molar-refractivity contribution is 0.0410. The van der Waals surface area contributed by atoms with Crippen molar-refractivity contribution in [3.63, 3.8) is 0 Å². The first-order valence-corrected chi connectivity index (χ1v) is 11.3. The molecule has 2 atom stereocenters. The topological polar surface area (TPSA) is 52.8 Å². The quantitative estimate of drug-likeness (QED) is 0.479. The zero-order chi connectivity index (χ0) is 21.7. The lowest BCUT2D eigenvalue weighted by Gasteiger charge is -2.39. The fourth-order valence-electron chi connectivity index (χ4n) is 4.38. The number of thiazole rings is 1. The standard InChI is InChI=1S/C26H20N2O3S/c1-26-16-21(20-12-5-6-13-22(20)31-26)28-24(29)23(32-25(28)27-26)15-17-8-7-11-19(14-17)30-18-9-3-2-4-10-18/h2-15,21H,16H2,1H3. The normalized spacial score (nSPS) is 21.2. The molecule has 6 rings (SSSR count). The highest BCUT2D eigenvalue weighted by atomic mass is 32.1. The maximum atomic E-state index is 13.4. The molecule has 6 heteroatoms. The fourth-order valence-corrected chi connectivity index (χ4v) is 5.51. The summed E-state index contributed by atoms with van der Waals surface area (Å²) in [6.45, 7) is 1.98. The maximum absolute atomic E-state index is 13.4. The molecule has 3 heterocycles. The highest BCUT2D eigenvalue weighted by molar-refractivity contribution is 7.07. The molecule has 4 aromatic rings. The third-order valence-electron chi connectivity index (χ3n) is 5.80. The number of ether oxygens (including phenoxy) is 2. The smallest absolute Gasteiger partial charge is 0.270 e. The molecule has 0 saturated carbocycles. The third kappa shape index (κ3) is 3.24. The molecular weight excluding hydrogens is 420 g/mol. The first kappa shape index (κ1) is 19.1. The van der Waals surface area contributed by atoms with Crippen molar-refractivity contribution in [1.82, 2.24) is 4.57 Å². The monoisotopic (exact) mass is 440 g/mol. The minimum atomic E-state index is -0.656. The molecular formula is C26H20N2O3S. The molecule has 0 radical (unpaired) electrons. The van der Waals surface area contributed by atoms with E-state index < -0.39 is 5.72 Å². The van der Waals surface area contributed by atoms with E-state index in [2.05, 4.69) is 0 Å². The van der Waals surface area contributed by atoms with E-state index in [9.17, 15) is 4.79 Å². The van der Waals surface area contributed by atoms with Crippen molar-refractivity contribution < 1.29 is 9.47 Å². The molecule has 0 amide bonds. The van der Waals surface area contributed by atoms with Crippen LogP contribution in [0.4, 0.5) is 0 Å². The number of hydrogen-bond donors (Lipinski definition) is 0. The third-order valence-corrected chi connectivity index (χ3v) is 6.78. The average Bonchev–Trinajstić information content (AvgIpc) is 3.08. The minimum absolute atomic E-state index is 0.0214. The van der Waals surface area contributed by atoms with Crippen LogP contribution in [-0.4, -0.2) is 10.3 Å². The SMILES string of the molecule is CC12CC(c3ccccc3O1)n1c(sc(=Cc3cccc(Oc4ccccc4)c3)c1=O)=N2. The van der Waals surface area contributed by atoms with Crippen LogP contribution < -0.4 is 24.4 Å². The van der Waals surface area contributed by atoms with Gasteiger partial charge in [0.05, 0.1) is 10.6 Å². The van der Waals surface area contributed by atoms with Crippen LogP contribution in [0.2, 0.25) is 0 Å². The van der Waals surface area contributed by atoms with Gasteiger partial charge in [0.1, 0.15) is 17.2 Å². The van der Waals surface area contributed by atoms with Crippen molar-refractivity contribution in [2.75, 3.05) is 0 Å². The van der Waals surface area contributed by atoms with E-state index >= 15 is 0 Å². The molecule has 32 heavy (non-hydrogen) atoms. The van der Waals surface area contributed by atoms with Gasteiger partial charge in [-0.05, 0) is 48.9 Å². The maximum Gasteiger partial charge on any atom is 0.270 e. The number of fused-ring (bicyclic) bond motifs is 6. The molecule has 0 aliphatic carbocycles. The van der Waals surface area contributed by atoms with Gasteiger partial charge < -0.3 is 9.47 Å². The Morgan fingerprint density at radius 1 is 1.06 bits per heavy atom. The fraction of sp³-hybridized carbons (Fsp3) is 0.154. The van der Waals surface area contributed by atoms with Gasteiger partial charge in [0.25, 0.3) is 5.56 Å². The van der Waals surface area contributed by atoms with Gasteiger partial charge in [0.15, 0.2) is 4.80 Å². The van der Waals surface area contributed by atoms with Gasteiger partial charge in [-0.15, -0.1) is 0 Å². The van der Waals surface area contributed by atoms with E-state index in [0.717, 1.165) is 28.4 Å². The predicted molar refractivity (Wildman–Crippen MR) is 124 cm³/mol. The van der Waals surface area contributed by atoms with Crippen molar-refractivity contribution in [2.24, 2.45) is 4.99 Å². The molecule has 2 bridgehead atoms. The minimum Gasteiger partial charge on any atom is -0.466 e. The second-order valence-corrected chi connectivity index (χ2v) is 9.21. The van der Waals surface area contributed by atoms with Crippen LogP contribution in [0.1, 0.15) is 30.5 Å². The second kappa shape index (κ2) is 7.21. The van der Waals surface area contributed by atoms with Gasteiger partial charge in [-0.1, -0.05) is 59.9 Å². The van der Waals surface area contributed by atoms with Gasteiger partial charge >= 0.3 is 0 Å². The lowest BCUT2D eigenvalue weighted by Crippen LogP contribution is -2.49. The molecule has 3 aromatic carbocycles. The van der Waals surface area contributed by atoms with Crippen molar-refractivity contribution >= 4 is 17.4 Å². The van der Waals surface area contributed by atoms with Crippen LogP contribution >= 0.6 is 11.3 Å². The molecule has 2 aliphatic heterocycles. The van der Waals surface area contributed by atoms with E-state index in [0.29, 0.717) is 15.8 Å². The number of benzene rings is 3. The largest absolute Gasteiger partial charge is 0.466 e. The molecule has 5 nitrogen and oxygen atoms in total. The summed E-state index contributed by atoms with van der Waals surface area (Å²) < 4.78 is 14.6. The van der Waals surface area contributed by atoms with E-state index in [4.69, 9.17) is 14.5 Å².